The van der Waals surface area contributed by atoms with Crippen molar-refractivity contribution in [3.63, 3.8) is 0 Å². The van der Waals surface area contributed by atoms with Crippen molar-refractivity contribution in [1.29, 1.82) is 0 Å². The Kier molecular flexibility index (Phi) is 6.46. The van der Waals surface area contributed by atoms with Crippen molar-refractivity contribution in [3.05, 3.63) is 48.0 Å². The molecule has 0 saturated carbocycles. The van der Waals surface area contributed by atoms with Crippen molar-refractivity contribution in [1.82, 2.24) is 5.32 Å². The van der Waals surface area contributed by atoms with E-state index in [1.807, 2.05) is 0 Å². The molecule has 30 heavy (non-hydrogen) atoms. The summed E-state index contributed by atoms with van der Waals surface area (Å²) in [4.78, 5) is 24.4. The Bertz CT molecular complexity index is 1050. The van der Waals surface area contributed by atoms with Crippen LogP contribution in [0, 0.1) is 0 Å². The lowest BCUT2D eigenvalue weighted by Gasteiger charge is -2.17. The van der Waals surface area contributed by atoms with Crippen molar-refractivity contribution in [2.24, 2.45) is 0 Å². The van der Waals surface area contributed by atoms with Gasteiger partial charge in [0, 0.05) is 18.8 Å². The van der Waals surface area contributed by atoms with Crippen molar-refractivity contribution in [3.8, 4) is 11.5 Å². The Labute approximate surface area is 175 Å². The van der Waals surface area contributed by atoms with E-state index in [9.17, 15) is 18.0 Å². The van der Waals surface area contributed by atoms with Crippen molar-refractivity contribution in [2.75, 3.05) is 36.1 Å². The second-order valence-electron chi connectivity index (χ2n) is 6.62. The largest absolute Gasteiger partial charge is 0.493 e. The highest BCUT2D eigenvalue weighted by atomic mass is 32.2. The minimum Gasteiger partial charge on any atom is -0.493 e. The summed E-state index contributed by atoms with van der Waals surface area (Å²) in [5, 5.41) is 5.03. The van der Waals surface area contributed by atoms with Gasteiger partial charge in [0.1, 0.15) is 0 Å². The second-order valence-corrected chi connectivity index (χ2v) is 8.63. The summed E-state index contributed by atoms with van der Waals surface area (Å²) in [7, 11) is -0.295. The quantitative estimate of drug-likeness (QED) is 0.668. The third kappa shape index (κ3) is 4.82. The normalized spacial score (nSPS) is 14.8. The SMILES string of the molecule is COc1ccc(CNC(=O)C(=O)Nc2cccc(N3CCCS3(=O)=O)c2)cc1OC. The van der Waals surface area contributed by atoms with Crippen molar-refractivity contribution >= 4 is 33.2 Å². The fourth-order valence-corrected chi connectivity index (χ4v) is 4.67. The predicted octanol–water partition coefficient (Wildman–Crippen LogP) is 1.50. The number of carbonyl (C=O) groups is 2. The van der Waals surface area contributed by atoms with Gasteiger partial charge in [0.05, 0.1) is 25.7 Å². The highest BCUT2D eigenvalue weighted by Gasteiger charge is 2.28. The molecule has 0 atom stereocenters. The number of anilines is 2. The van der Waals surface area contributed by atoms with E-state index >= 15 is 0 Å². The number of hydrogen-bond donors (Lipinski definition) is 2. The summed E-state index contributed by atoms with van der Waals surface area (Å²) >= 11 is 0. The molecule has 2 amide bonds. The minimum absolute atomic E-state index is 0.0993. The van der Waals surface area contributed by atoms with Crippen molar-refractivity contribution in [2.45, 2.75) is 13.0 Å². The number of benzene rings is 2. The van der Waals surface area contributed by atoms with Crippen LogP contribution in [0.2, 0.25) is 0 Å². The summed E-state index contributed by atoms with van der Waals surface area (Å²) in [5.41, 5.74) is 1.52. The van der Waals surface area contributed by atoms with Gasteiger partial charge in [-0.2, -0.15) is 0 Å². The first-order valence-corrected chi connectivity index (χ1v) is 10.9. The van der Waals surface area contributed by atoms with Gasteiger partial charge in [-0.05, 0) is 42.3 Å². The number of sulfonamides is 1. The molecule has 160 valence electrons. The third-order valence-electron chi connectivity index (χ3n) is 4.60. The predicted molar refractivity (Wildman–Crippen MR) is 112 cm³/mol. The summed E-state index contributed by atoms with van der Waals surface area (Å²) in [5.74, 6) is -0.490. The number of carbonyl (C=O) groups excluding carboxylic acids is 2. The Morgan fingerprint density at radius 2 is 1.80 bits per heavy atom. The molecule has 1 heterocycles. The van der Waals surface area contributed by atoms with Gasteiger partial charge in [-0.1, -0.05) is 12.1 Å². The van der Waals surface area contributed by atoms with Gasteiger partial charge in [0.15, 0.2) is 11.5 Å². The van der Waals surface area contributed by atoms with E-state index in [4.69, 9.17) is 9.47 Å². The number of methoxy groups -OCH3 is 2. The number of rotatable bonds is 6. The number of amides is 2. The molecule has 0 unspecified atom stereocenters. The van der Waals surface area contributed by atoms with Crippen LogP contribution < -0.4 is 24.4 Å². The van der Waals surface area contributed by atoms with E-state index in [1.54, 1.807) is 36.4 Å². The molecule has 0 spiro atoms. The summed E-state index contributed by atoms with van der Waals surface area (Å²) in [6.07, 6.45) is 0.553. The Morgan fingerprint density at radius 1 is 1.03 bits per heavy atom. The van der Waals surface area contributed by atoms with Gasteiger partial charge in [0.2, 0.25) is 10.0 Å². The lowest BCUT2D eigenvalue weighted by Crippen LogP contribution is -2.35. The average Bonchev–Trinajstić information content (AvgIpc) is 3.10. The standard InChI is InChI=1S/C20H23N3O6S/c1-28-17-8-7-14(11-18(17)29-2)13-21-19(24)20(25)22-15-5-3-6-16(12-15)23-9-4-10-30(23,26)27/h3,5-8,11-12H,4,9-10,13H2,1-2H3,(H,21,24)(H,22,25). The first-order chi connectivity index (χ1) is 14.3. The van der Waals surface area contributed by atoms with E-state index in [-0.39, 0.29) is 12.3 Å². The Morgan fingerprint density at radius 3 is 2.47 bits per heavy atom. The lowest BCUT2D eigenvalue weighted by molar-refractivity contribution is -0.136. The Balaban J connectivity index is 1.61. The number of nitrogens with zero attached hydrogens (tertiary/aromatic N) is 1. The van der Waals surface area contributed by atoms with E-state index in [0.717, 1.165) is 5.56 Å². The maximum absolute atomic E-state index is 12.2. The average molecular weight is 433 g/mol. The van der Waals surface area contributed by atoms with Gasteiger partial charge in [0.25, 0.3) is 0 Å². The monoisotopic (exact) mass is 433 g/mol. The van der Waals surface area contributed by atoms with Crippen LogP contribution in [0.1, 0.15) is 12.0 Å². The molecule has 2 aromatic carbocycles. The molecule has 1 fully saturated rings. The topological polar surface area (TPSA) is 114 Å². The van der Waals surface area contributed by atoms with Crippen LogP contribution in [0.15, 0.2) is 42.5 Å². The minimum atomic E-state index is -3.33. The number of nitrogens with one attached hydrogen (secondary N) is 2. The molecule has 1 aliphatic rings. The van der Waals surface area contributed by atoms with E-state index in [0.29, 0.717) is 35.8 Å². The van der Waals surface area contributed by atoms with Gasteiger partial charge in [-0.3, -0.25) is 13.9 Å². The van der Waals surface area contributed by atoms with Gasteiger partial charge < -0.3 is 20.1 Å². The maximum atomic E-state index is 12.2. The highest BCUT2D eigenvalue weighted by Crippen LogP contribution is 2.28. The molecule has 3 rings (SSSR count). The van der Waals surface area contributed by atoms with Crippen LogP contribution in [-0.2, 0) is 26.2 Å². The van der Waals surface area contributed by atoms with Crippen LogP contribution in [0.3, 0.4) is 0 Å². The van der Waals surface area contributed by atoms with Gasteiger partial charge >= 0.3 is 11.8 Å². The van der Waals surface area contributed by atoms with Crippen LogP contribution >= 0.6 is 0 Å². The molecule has 2 aromatic rings. The van der Waals surface area contributed by atoms with Crippen LogP contribution in [0.4, 0.5) is 11.4 Å². The highest BCUT2D eigenvalue weighted by molar-refractivity contribution is 7.93. The molecule has 0 aromatic heterocycles. The molecule has 0 radical (unpaired) electrons. The summed E-state index contributed by atoms with van der Waals surface area (Å²) in [6.45, 7) is 0.518. The maximum Gasteiger partial charge on any atom is 0.313 e. The van der Waals surface area contributed by atoms with E-state index < -0.39 is 21.8 Å². The second kappa shape index (κ2) is 9.04. The van der Waals surface area contributed by atoms with Gasteiger partial charge in [-0.25, -0.2) is 8.42 Å². The zero-order valence-corrected chi connectivity index (χ0v) is 17.5. The zero-order chi connectivity index (χ0) is 21.7. The smallest absolute Gasteiger partial charge is 0.313 e. The summed E-state index contributed by atoms with van der Waals surface area (Å²) < 4.78 is 35.8. The molecule has 1 saturated heterocycles. The first-order valence-electron chi connectivity index (χ1n) is 9.24. The van der Waals surface area contributed by atoms with E-state index in [1.165, 1.54) is 24.6 Å². The van der Waals surface area contributed by atoms with Crippen LogP contribution in [-0.4, -0.2) is 46.7 Å². The molecule has 1 aliphatic heterocycles. The first kappa shape index (κ1) is 21.4. The molecule has 10 heteroatoms. The molecular weight excluding hydrogens is 410 g/mol. The van der Waals surface area contributed by atoms with Crippen LogP contribution in [0.25, 0.3) is 0 Å². The fraction of sp³-hybridized carbons (Fsp3) is 0.300. The van der Waals surface area contributed by atoms with E-state index in [2.05, 4.69) is 10.6 Å². The molecule has 0 aliphatic carbocycles. The zero-order valence-electron chi connectivity index (χ0n) is 16.7. The molecule has 9 nitrogen and oxygen atoms in total. The fourth-order valence-electron chi connectivity index (χ4n) is 3.11. The number of ether oxygens (including phenoxy) is 2. The number of hydrogen-bond acceptors (Lipinski definition) is 6. The third-order valence-corrected chi connectivity index (χ3v) is 6.47. The summed E-state index contributed by atoms with van der Waals surface area (Å²) in [6, 6.07) is 11.6. The molecule has 2 N–H and O–H groups in total. The molecular formula is C20H23N3O6S. The lowest BCUT2D eigenvalue weighted by atomic mass is 10.2. The van der Waals surface area contributed by atoms with Crippen LogP contribution in [0.5, 0.6) is 11.5 Å². The van der Waals surface area contributed by atoms with Gasteiger partial charge in [-0.15, -0.1) is 0 Å². The molecule has 0 bridgehead atoms. The van der Waals surface area contributed by atoms with Crippen molar-refractivity contribution < 1.29 is 27.5 Å². The Hall–Kier alpha value is -3.27.